The lowest BCUT2D eigenvalue weighted by atomic mass is 9.93. The molecular formula is C18H25FN2O. The number of rotatable bonds is 4. The van der Waals surface area contributed by atoms with E-state index in [9.17, 15) is 9.18 Å². The Bertz CT molecular complexity index is 556. The molecule has 1 aromatic rings. The zero-order chi connectivity index (χ0) is 15.7. The van der Waals surface area contributed by atoms with Crippen LogP contribution in [0.2, 0.25) is 0 Å². The third kappa shape index (κ3) is 3.49. The van der Waals surface area contributed by atoms with Gasteiger partial charge in [0, 0.05) is 31.6 Å². The predicted octanol–water partition coefficient (Wildman–Crippen LogP) is 2.87. The lowest BCUT2D eigenvalue weighted by Crippen LogP contribution is -2.50. The fraction of sp³-hybridized carbons (Fsp3) is 0.611. The first kappa shape index (κ1) is 15.5. The highest BCUT2D eigenvalue weighted by Gasteiger charge is 2.36. The molecule has 4 heteroatoms. The summed E-state index contributed by atoms with van der Waals surface area (Å²) >= 11 is 0. The first-order valence-corrected chi connectivity index (χ1v) is 8.32. The topological polar surface area (TPSA) is 32.3 Å². The molecule has 0 unspecified atom stereocenters. The van der Waals surface area contributed by atoms with Gasteiger partial charge in [0.25, 0.3) is 0 Å². The number of nitrogens with zero attached hydrogens (tertiary/aromatic N) is 1. The first-order chi connectivity index (χ1) is 10.5. The molecule has 1 aromatic carbocycles. The van der Waals surface area contributed by atoms with E-state index in [1.54, 1.807) is 13.0 Å². The summed E-state index contributed by atoms with van der Waals surface area (Å²) in [6, 6.07) is 5.81. The number of halogens is 1. The minimum Gasteiger partial charge on any atom is -0.342 e. The summed E-state index contributed by atoms with van der Waals surface area (Å²) < 4.78 is 13.6. The zero-order valence-corrected chi connectivity index (χ0v) is 13.4. The van der Waals surface area contributed by atoms with Gasteiger partial charge in [-0.3, -0.25) is 4.79 Å². The Kier molecular flexibility index (Phi) is 4.48. The van der Waals surface area contributed by atoms with Gasteiger partial charge in [-0.15, -0.1) is 0 Å². The van der Waals surface area contributed by atoms with Crippen molar-refractivity contribution >= 4 is 5.91 Å². The van der Waals surface area contributed by atoms with Crippen LogP contribution in [-0.2, 0) is 11.3 Å². The first-order valence-electron chi connectivity index (χ1n) is 8.32. The standard InChI is InChI=1S/C18H25FN2O/c1-12-3-4-14(9-16(12)19)10-20-17-7-8-21(11-13(17)2)18(22)15-5-6-15/h3-4,9,13,15,17,20H,5-8,10-11H2,1-2H3/t13-,17+/m0/s1. The molecule has 120 valence electrons. The summed E-state index contributed by atoms with van der Waals surface area (Å²) in [4.78, 5) is 14.2. The van der Waals surface area contributed by atoms with E-state index < -0.39 is 0 Å². The van der Waals surface area contributed by atoms with Crippen LogP contribution in [0.15, 0.2) is 18.2 Å². The van der Waals surface area contributed by atoms with E-state index in [1.807, 2.05) is 17.0 Å². The van der Waals surface area contributed by atoms with Gasteiger partial charge in [-0.1, -0.05) is 19.1 Å². The summed E-state index contributed by atoms with van der Waals surface area (Å²) in [5, 5.41) is 3.53. The minimum absolute atomic E-state index is 0.141. The van der Waals surface area contributed by atoms with Gasteiger partial charge in [0.05, 0.1) is 0 Å². The molecule has 0 aromatic heterocycles. The highest BCUT2D eigenvalue weighted by Crippen LogP contribution is 2.32. The number of likely N-dealkylation sites (tertiary alicyclic amines) is 1. The normalized spacial score (nSPS) is 25.3. The van der Waals surface area contributed by atoms with Crippen LogP contribution in [0.1, 0.15) is 37.3 Å². The molecule has 0 spiro atoms. The van der Waals surface area contributed by atoms with E-state index in [1.165, 1.54) is 0 Å². The molecule has 3 nitrogen and oxygen atoms in total. The van der Waals surface area contributed by atoms with Crippen molar-refractivity contribution in [2.24, 2.45) is 11.8 Å². The van der Waals surface area contributed by atoms with Gasteiger partial charge < -0.3 is 10.2 Å². The Morgan fingerprint density at radius 3 is 2.77 bits per heavy atom. The van der Waals surface area contributed by atoms with E-state index in [-0.39, 0.29) is 5.82 Å². The third-order valence-electron chi connectivity index (χ3n) is 4.95. The Balaban J connectivity index is 1.51. The molecule has 0 radical (unpaired) electrons. The largest absolute Gasteiger partial charge is 0.342 e. The molecule has 22 heavy (non-hydrogen) atoms. The summed E-state index contributed by atoms with van der Waals surface area (Å²) in [6.45, 7) is 6.35. The van der Waals surface area contributed by atoms with E-state index >= 15 is 0 Å². The van der Waals surface area contributed by atoms with Crippen molar-refractivity contribution in [1.82, 2.24) is 10.2 Å². The fourth-order valence-corrected chi connectivity index (χ4v) is 3.23. The van der Waals surface area contributed by atoms with Gasteiger partial charge in [0.1, 0.15) is 5.82 Å². The fourth-order valence-electron chi connectivity index (χ4n) is 3.23. The SMILES string of the molecule is Cc1ccc(CN[C@@H]2CCN(C(=O)C3CC3)C[C@@H]2C)cc1F. The molecule has 1 aliphatic heterocycles. The quantitative estimate of drug-likeness (QED) is 0.927. The van der Waals surface area contributed by atoms with E-state index in [2.05, 4.69) is 12.2 Å². The smallest absolute Gasteiger partial charge is 0.225 e. The second-order valence-electron chi connectivity index (χ2n) is 6.90. The summed E-state index contributed by atoms with van der Waals surface area (Å²) in [7, 11) is 0. The molecule has 1 heterocycles. The van der Waals surface area contributed by atoms with Crippen molar-refractivity contribution < 1.29 is 9.18 Å². The molecule has 1 aliphatic carbocycles. The third-order valence-corrected chi connectivity index (χ3v) is 4.95. The highest BCUT2D eigenvalue weighted by atomic mass is 19.1. The number of amides is 1. The minimum atomic E-state index is -0.141. The van der Waals surface area contributed by atoms with Gasteiger partial charge in [0.2, 0.25) is 5.91 Å². The molecule has 1 saturated carbocycles. The van der Waals surface area contributed by atoms with Crippen LogP contribution in [0.3, 0.4) is 0 Å². The van der Waals surface area contributed by atoms with Gasteiger partial charge >= 0.3 is 0 Å². The van der Waals surface area contributed by atoms with Crippen LogP contribution in [-0.4, -0.2) is 29.9 Å². The number of hydrogen-bond donors (Lipinski definition) is 1. The van der Waals surface area contributed by atoms with E-state index in [4.69, 9.17) is 0 Å². The van der Waals surface area contributed by atoms with Crippen molar-refractivity contribution in [3.8, 4) is 0 Å². The second kappa shape index (κ2) is 6.37. The summed E-state index contributed by atoms with van der Waals surface area (Å²) in [5.41, 5.74) is 1.66. The average Bonchev–Trinajstić information content (AvgIpc) is 3.33. The number of benzene rings is 1. The van der Waals surface area contributed by atoms with Crippen molar-refractivity contribution in [3.63, 3.8) is 0 Å². The zero-order valence-electron chi connectivity index (χ0n) is 13.4. The molecule has 1 N–H and O–H groups in total. The maximum absolute atomic E-state index is 13.6. The van der Waals surface area contributed by atoms with Gasteiger partial charge in [-0.25, -0.2) is 4.39 Å². The van der Waals surface area contributed by atoms with Crippen molar-refractivity contribution in [2.45, 2.75) is 45.7 Å². The predicted molar refractivity (Wildman–Crippen MR) is 84.8 cm³/mol. The van der Waals surface area contributed by atoms with Gasteiger partial charge in [-0.2, -0.15) is 0 Å². The maximum atomic E-state index is 13.6. The van der Waals surface area contributed by atoms with Crippen molar-refractivity contribution in [2.75, 3.05) is 13.1 Å². The number of piperidine rings is 1. The summed E-state index contributed by atoms with van der Waals surface area (Å²) in [5.74, 6) is 0.960. The van der Waals surface area contributed by atoms with Crippen molar-refractivity contribution in [3.05, 3.63) is 35.1 Å². The number of hydrogen-bond acceptors (Lipinski definition) is 2. The number of carbonyl (C=O) groups excluding carboxylic acids is 1. The van der Waals surface area contributed by atoms with Crippen molar-refractivity contribution in [1.29, 1.82) is 0 Å². The van der Waals surface area contributed by atoms with E-state index in [0.29, 0.717) is 35.9 Å². The number of aryl methyl sites for hydroxylation is 1. The number of nitrogens with one attached hydrogen (secondary N) is 1. The van der Waals surface area contributed by atoms with Crippen LogP contribution >= 0.6 is 0 Å². The average molecular weight is 304 g/mol. The molecule has 1 amide bonds. The molecule has 1 saturated heterocycles. The second-order valence-corrected chi connectivity index (χ2v) is 6.90. The van der Waals surface area contributed by atoms with Crippen LogP contribution in [0.5, 0.6) is 0 Å². The molecular weight excluding hydrogens is 279 g/mol. The van der Waals surface area contributed by atoms with Crippen LogP contribution in [0.25, 0.3) is 0 Å². The van der Waals surface area contributed by atoms with E-state index in [0.717, 1.165) is 37.9 Å². The molecule has 3 rings (SSSR count). The van der Waals surface area contributed by atoms with Crippen LogP contribution in [0.4, 0.5) is 4.39 Å². The highest BCUT2D eigenvalue weighted by molar-refractivity contribution is 5.81. The monoisotopic (exact) mass is 304 g/mol. The van der Waals surface area contributed by atoms with Gasteiger partial charge in [0.15, 0.2) is 0 Å². The number of carbonyl (C=O) groups is 1. The molecule has 2 fully saturated rings. The maximum Gasteiger partial charge on any atom is 0.225 e. The van der Waals surface area contributed by atoms with Crippen LogP contribution in [0, 0.1) is 24.6 Å². The lowest BCUT2D eigenvalue weighted by molar-refractivity contribution is -0.134. The Morgan fingerprint density at radius 2 is 2.14 bits per heavy atom. The molecule has 2 atom stereocenters. The summed E-state index contributed by atoms with van der Waals surface area (Å²) in [6.07, 6.45) is 3.13. The van der Waals surface area contributed by atoms with Crippen LogP contribution < -0.4 is 5.32 Å². The molecule has 2 aliphatic rings. The molecule has 0 bridgehead atoms. The Labute approximate surface area is 131 Å². The lowest BCUT2D eigenvalue weighted by Gasteiger charge is -2.37. The Hall–Kier alpha value is -1.42. The van der Waals surface area contributed by atoms with Gasteiger partial charge in [-0.05, 0) is 49.3 Å². The Morgan fingerprint density at radius 1 is 1.36 bits per heavy atom.